The van der Waals surface area contributed by atoms with Crippen LogP contribution >= 0.6 is 23.4 Å². The van der Waals surface area contributed by atoms with E-state index in [-0.39, 0.29) is 34.5 Å². The smallest absolute Gasteiger partial charge is 0.446 e. The summed E-state index contributed by atoms with van der Waals surface area (Å²) in [5, 5.41) is 5.54. The van der Waals surface area contributed by atoms with Gasteiger partial charge in [-0.3, -0.25) is 0 Å². The number of hydrazone groups is 1. The summed E-state index contributed by atoms with van der Waals surface area (Å²) in [6.45, 7) is -0.533. The van der Waals surface area contributed by atoms with E-state index in [0.29, 0.717) is 21.0 Å². The lowest BCUT2D eigenvalue weighted by molar-refractivity contribution is -0.165. The number of esters is 1. The Bertz CT molecular complexity index is 1260. The predicted octanol–water partition coefficient (Wildman–Crippen LogP) is 4.81. The van der Waals surface area contributed by atoms with Crippen LogP contribution in [0.1, 0.15) is 11.1 Å². The highest BCUT2D eigenvalue weighted by molar-refractivity contribution is 8.00. The van der Waals surface area contributed by atoms with Gasteiger partial charge in [0.15, 0.2) is 0 Å². The number of methoxy groups -OCH3 is 2. The molecule has 1 unspecified atom stereocenters. The third kappa shape index (κ3) is 4.73. The molecule has 1 atom stereocenters. The standard InChI is InChI=1S/C22H17ClF3N3O6S/c1-33-18(30)21-10-12-9-13(23)3-8-16(12)17(21)27-28(11-35-21)19(31)29(20(32)34-2)14-4-6-15(7-5-14)36-22(24,25)26/h3-9H,10-11H2,1-2H3. The van der Waals surface area contributed by atoms with Crippen molar-refractivity contribution >= 4 is 52.9 Å². The normalized spacial score (nSPS) is 18.6. The first-order valence-corrected chi connectivity index (χ1v) is 11.3. The average Bonchev–Trinajstić information content (AvgIpc) is 3.17. The lowest BCUT2D eigenvalue weighted by Crippen LogP contribution is -2.56. The van der Waals surface area contributed by atoms with Crippen LogP contribution in [-0.4, -0.2) is 60.9 Å². The first-order valence-electron chi connectivity index (χ1n) is 10.1. The fourth-order valence-corrected chi connectivity index (χ4v) is 4.61. The summed E-state index contributed by atoms with van der Waals surface area (Å²) in [7, 11) is 2.22. The van der Waals surface area contributed by atoms with Gasteiger partial charge in [0.25, 0.3) is 0 Å². The van der Waals surface area contributed by atoms with E-state index in [1.54, 1.807) is 18.2 Å². The molecule has 0 spiro atoms. The van der Waals surface area contributed by atoms with Gasteiger partial charge in [-0.05, 0) is 53.7 Å². The second-order valence-corrected chi connectivity index (χ2v) is 9.12. The summed E-state index contributed by atoms with van der Waals surface area (Å²) in [5.41, 5.74) is -4.96. The average molecular weight is 544 g/mol. The number of thioether (sulfide) groups is 1. The number of alkyl halides is 3. The van der Waals surface area contributed by atoms with Crippen molar-refractivity contribution in [1.82, 2.24) is 5.01 Å². The van der Waals surface area contributed by atoms with E-state index in [2.05, 4.69) is 5.10 Å². The molecule has 0 saturated carbocycles. The van der Waals surface area contributed by atoms with E-state index in [1.165, 1.54) is 7.11 Å². The molecule has 0 fully saturated rings. The zero-order valence-electron chi connectivity index (χ0n) is 18.7. The zero-order chi connectivity index (χ0) is 26.3. The van der Waals surface area contributed by atoms with Crippen molar-refractivity contribution in [3.63, 3.8) is 0 Å². The van der Waals surface area contributed by atoms with Crippen LogP contribution in [0.5, 0.6) is 0 Å². The number of hydrogen-bond donors (Lipinski definition) is 0. The molecule has 1 aliphatic heterocycles. The van der Waals surface area contributed by atoms with Gasteiger partial charge in [-0.15, -0.1) is 0 Å². The second-order valence-electron chi connectivity index (χ2n) is 7.55. The van der Waals surface area contributed by atoms with Gasteiger partial charge in [0, 0.05) is 21.9 Å². The zero-order valence-corrected chi connectivity index (χ0v) is 20.2. The number of carbonyl (C=O) groups is 3. The third-order valence-electron chi connectivity index (χ3n) is 5.41. The minimum Gasteiger partial charge on any atom is -0.467 e. The van der Waals surface area contributed by atoms with Gasteiger partial charge in [0.05, 0.1) is 19.9 Å². The topological polar surface area (TPSA) is 97.7 Å². The number of carbonyl (C=O) groups excluding carboxylic acids is 3. The van der Waals surface area contributed by atoms with E-state index in [1.807, 2.05) is 0 Å². The molecule has 2 aromatic carbocycles. The molecule has 2 aliphatic rings. The number of nitrogens with zero attached hydrogens (tertiary/aromatic N) is 3. The highest BCUT2D eigenvalue weighted by atomic mass is 35.5. The van der Waals surface area contributed by atoms with Gasteiger partial charge in [-0.1, -0.05) is 17.7 Å². The highest BCUT2D eigenvalue weighted by Crippen LogP contribution is 2.40. The molecule has 0 bridgehead atoms. The molecular formula is C22H17ClF3N3O6S. The number of amides is 3. The maximum atomic E-state index is 13.4. The van der Waals surface area contributed by atoms with E-state index in [4.69, 9.17) is 25.8 Å². The maximum Gasteiger partial charge on any atom is 0.446 e. The number of urea groups is 1. The molecule has 1 aliphatic carbocycles. The Balaban J connectivity index is 1.70. The van der Waals surface area contributed by atoms with Gasteiger partial charge < -0.3 is 14.2 Å². The lowest BCUT2D eigenvalue weighted by Gasteiger charge is -2.35. The van der Waals surface area contributed by atoms with Gasteiger partial charge in [-0.25, -0.2) is 14.4 Å². The van der Waals surface area contributed by atoms with Crippen LogP contribution in [0.15, 0.2) is 52.5 Å². The van der Waals surface area contributed by atoms with E-state index >= 15 is 0 Å². The van der Waals surface area contributed by atoms with Crippen molar-refractivity contribution in [2.45, 2.75) is 22.4 Å². The molecule has 4 rings (SSSR count). The van der Waals surface area contributed by atoms with Crippen molar-refractivity contribution in [3.05, 3.63) is 58.6 Å². The Kier molecular flexibility index (Phi) is 6.90. The first kappa shape index (κ1) is 25.8. The van der Waals surface area contributed by atoms with Crippen LogP contribution in [0.25, 0.3) is 0 Å². The minimum absolute atomic E-state index is 0.0650. The maximum absolute atomic E-state index is 13.4. The molecular weight excluding hydrogens is 527 g/mol. The molecule has 1 heterocycles. The quantitative estimate of drug-likeness (QED) is 0.405. The molecule has 9 nitrogen and oxygen atoms in total. The fraction of sp³-hybridized carbons (Fsp3) is 0.273. The highest BCUT2D eigenvalue weighted by Gasteiger charge is 2.55. The van der Waals surface area contributed by atoms with Crippen LogP contribution in [0.2, 0.25) is 5.02 Å². The summed E-state index contributed by atoms with van der Waals surface area (Å²) < 4.78 is 53.4. The molecule has 0 N–H and O–H groups in total. The molecule has 0 saturated heterocycles. The number of ether oxygens (including phenoxy) is 3. The van der Waals surface area contributed by atoms with Crippen molar-refractivity contribution in [2.24, 2.45) is 5.10 Å². The molecule has 0 aromatic heterocycles. The number of fused-ring (bicyclic) bond motifs is 3. The number of imide groups is 1. The number of hydrogen-bond acceptors (Lipinski definition) is 8. The fourth-order valence-electron chi connectivity index (χ4n) is 3.87. The van der Waals surface area contributed by atoms with Crippen molar-refractivity contribution in [3.8, 4) is 0 Å². The lowest BCUT2D eigenvalue weighted by atomic mass is 9.97. The summed E-state index contributed by atoms with van der Waals surface area (Å²) in [6.07, 6.45) is -1.05. The van der Waals surface area contributed by atoms with Crippen LogP contribution in [-0.2, 0) is 25.4 Å². The molecule has 3 amide bonds. The second kappa shape index (κ2) is 9.64. The number of halogens is 4. The largest absolute Gasteiger partial charge is 0.467 e. The van der Waals surface area contributed by atoms with Crippen molar-refractivity contribution in [1.29, 1.82) is 0 Å². The van der Waals surface area contributed by atoms with Crippen molar-refractivity contribution in [2.75, 3.05) is 25.9 Å². The summed E-state index contributed by atoms with van der Waals surface area (Å²) >= 11 is 5.74. The van der Waals surface area contributed by atoms with Gasteiger partial charge in [-0.2, -0.15) is 28.2 Å². The Labute approximate surface area is 211 Å². The Hall–Kier alpha value is -3.29. The van der Waals surface area contributed by atoms with Crippen molar-refractivity contribution < 1.29 is 41.8 Å². The monoisotopic (exact) mass is 543 g/mol. The molecule has 0 radical (unpaired) electrons. The number of anilines is 1. The van der Waals surface area contributed by atoms with E-state index in [9.17, 15) is 27.6 Å². The number of rotatable bonds is 3. The predicted molar refractivity (Wildman–Crippen MR) is 123 cm³/mol. The van der Waals surface area contributed by atoms with E-state index in [0.717, 1.165) is 36.4 Å². The summed E-state index contributed by atoms with van der Waals surface area (Å²) in [6, 6.07) is 8.35. The molecule has 14 heteroatoms. The first-order chi connectivity index (χ1) is 17.0. The number of benzene rings is 2. The van der Waals surface area contributed by atoms with Gasteiger partial charge in [0.2, 0.25) is 5.60 Å². The Morgan fingerprint density at radius 2 is 1.83 bits per heavy atom. The minimum atomic E-state index is -4.51. The molecule has 36 heavy (non-hydrogen) atoms. The third-order valence-corrected chi connectivity index (χ3v) is 6.39. The van der Waals surface area contributed by atoms with Gasteiger partial charge >= 0.3 is 23.6 Å². The Morgan fingerprint density at radius 1 is 1.14 bits per heavy atom. The molecule has 190 valence electrons. The van der Waals surface area contributed by atoms with Crippen LogP contribution in [0, 0.1) is 0 Å². The summed E-state index contributed by atoms with van der Waals surface area (Å²) in [4.78, 5) is 39.0. The SMILES string of the molecule is COC(=O)N(C(=O)N1COC2(C(=O)OC)Cc3cc(Cl)ccc3C2=N1)c1ccc(SC(F)(F)F)cc1. The van der Waals surface area contributed by atoms with Crippen LogP contribution in [0.3, 0.4) is 0 Å². The molecule has 2 aromatic rings. The summed E-state index contributed by atoms with van der Waals surface area (Å²) in [5.74, 6) is -0.733. The Morgan fingerprint density at radius 3 is 2.44 bits per heavy atom. The van der Waals surface area contributed by atoms with E-state index < -0.39 is 35.9 Å². The van der Waals surface area contributed by atoms with Crippen LogP contribution < -0.4 is 4.90 Å². The van der Waals surface area contributed by atoms with Crippen LogP contribution in [0.4, 0.5) is 28.4 Å². The van der Waals surface area contributed by atoms with Gasteiger partial charge in [0.1, 0.15) is 12.4 Å².